The number of aromatic nitrogens is 3. The van der Waals surface area contributed by atoms with Crippen molar-refractivity contribution in [1.82, 2.24) is 20.3 Å². The van der Waals surface area contributed by atoms with E-state index in [1.54, 1.807) is 29.1 Å². The van der Waals surface area contributed by atoms with Crippen molar-refractivity contribution in [2.45, 2.75) is 18.9 Å². The van der Waals surface area contributed by atoms with Crippen LogP contribution in [0.1, 0.15) is 24.4 Å². The average molecular weight is 418 g/mol. The summed E-state index contributed by atoms with van der Waals surface area (Å²) in [5.74, 6) is 0.145. The molecule has 0 spiro atoms. The highest BCUT2D eigenvalue weighted by Crippen LogP contribution is 2.24. The van der Waals surface area contributed by atoms with E-state index in [0.29, 0.717) is 6.54 Å². The van der Waals surface area contributed by atoms with Crippen molar-refractivity contribution in [3.63, 3.8) is 0 Å². The summed E-state index contributed by atoms with van der Waals surface area (Å²) in [7, 11) is 6.41. The number of benzene rings is 2. The second-order valence-electron chi connectivity index (χ2n) is 8.04. The Morgan fingerprint density at radius 3 is 2.21 bits per heavy atom. The highest BCUT2D eigenvalue weighted by atomic mass is 35.5. The number of halogens is 1. The third-order valence-corrected chi connectivity index (χ3v) is 4.57. The number of carbonyl (C=O) groups excluding carboxylic acids is 1. The zero-order chi connectivity index (χ0) is 20.1. The summed E-state index contributed by atoms with van der Waals surface area (Å²) in [6, 6.07) is 14.1. The summed E-state index contributed by atoms with van der Waals surface area (Å²) < 4.78 is 0.871. The molecule has 0 saturated heterocycles. The standard InChI is InChI=1S/C21H27N5O2.ClH/c1-26(2,3)14-6-13-22-21(28)15-20(16-9-11-17(27)12-10-16)25-23-18-7-4-5-8-19(18)24-25;/h4-5,7-12,20H,6,13-15H2,1-3H3,(H-,22,27,28);1H. The lowest BCUT2D eigenvalue weighted by Crippen LogP contribution is -3.00. The maximum Gasteiger partial charge on any atom is 0.222 e. The van der Waals surface area contributed by atoms with Crippen LogP contribution in [0.5, 0.6) is 5.75 Å². The number of rotatable bonds is 8. The number of amides is 1. The van der Waals surface area contributed by atoms with Crippen LogP contribution in [0.3, 0.4) is 0 Å². The fourth-order valence-corrected chi connectivity index (χ4v) is 3.07. The van der Waals surface area contributed by atoms with E-state index in [9.17, 15) is 9.90 Å². The van der Waals surface area contributed by atoms with Crippen LogP contribution in [0.25, 0.3) is 11.0 Å². The van der Waals surface area contributed by atoms with E-state index in [1.165, 1.54) is 0 Å². The monoisotopic (exact) mass is 417 g/mol. The fourth-order valence-electron chi connectivity index (χ4n) is 3.07. The first kappa shape index (κ1) is 22.6. The van der Waals surface area contributed by atoms with Gasteiger partial charge in [0, 0.05) is 13.0 Å². The molecular weight excluding hydrogens is 390 g/mol. The first-order valence-corrected chi connectivity index (χ1v) is 9.49. The van der Waals surface area contributed by atoms with E-state index in [2.05, 4.69) is 36.7 Å². The topological polar surface area (TPSA) is 80.0 Å². The molecule has 7 nitrogen and oxygen atoms in total. The van der Waals surface area contributed by atoms with Gasteiger partial charge in [0.25, 0.3) is 0 Å². The van der Waals surface area contributed by atoms with Crippen LogP contribution >= 0.6 is 0 Å². The molecule has 0 aliphatic heterocycles. The molecule has 1 amide bonds. The second-order valence-corrected chi connectivity index (χ2v) is 8.04. The zero-order valence-electron chi connectivity index (χ0n) is 17.0. The number of nitrogens with zero attached hydrogens (tertiary/aromatic N) is 4. The maximum absolute atomic E-state index is 12.6. The van der Waals surface area contributed by atoms with Crippen molar-refractivity contribution in [3.8, 4) is 5.75 Å². The van der Waals surface area contributed by atoms with Crippen LogP contribution in [0, 0.1) is 0 Å². The van der Waals surface area contributed by atoms with Crippen LogP contribution < -0.4 is 17.7 Å². The lowest BCUT2D eigenvalue weighted by atomic mass is 10.0. The minimum atomic E-state index is -0.341. The molecule has 8 heteroatoms. The Labute approximate surface area is 177 Å². The van der Waals surface area contributed by atoms with E-state index in [4.69, 9.17) is 0 Å². The van der Waals surface area contributed by atoms with Crippen LogP contribution in [0.4, 0.5) is 0 Å². The third-order valence-electron chi connectivity index (χ3n) is 4.57. The van der Waals surface area contributed by atoms with Crippen molar-refractivity contribution in [3.05, 3.63) is 54.1 Å². The number of nitrogens with one attached hydrogen (secondary N) is 1. The largest absolute Gasteiger partial charge is 1.00 e. The molecule has 3 aromatic rings. The van der Waals surface area contributed by atoms with Crippen LogP contribution in [0.15, 0.2) is 48.5 Å². The summed E-state index contributed by atoms with van der Waals surface area (Å²) in [4.78, 5) is 14.2. The van der Waals surface area contributed by atoms with Gasteiger partial charge in [0.15, 0.2) is 0 Å². The Kier molecular flexibility index (Phi) is 7.59. The Bertz CT molecular complexity index is 901. The van der Waals surface area contributed by atoms with Crippen LogP contribution in [-0.2, 0) is 4.79 Å². The number of phenolic OH excluding ortho intramolecular Hbond substituents is 1. The smallest absolute Gasteiger partial charge is 0.222 e. The van der Waals surface area contributed by atoms with E-state index in [1.807, 2.05) is 24.3 Å². The molecule has 0 aliphatic carbocycles. The lowest BCUT2D eigenvalue weighted by Gasteiger charge is -2.23. The summed E-state index contributed by atoms with van der Waals surface area (Å²) in [5.41, 5.74) is 2.45. The molecule has 0 radical (unpaired) electrons. The predicted octanol–water partition coefficient (Wildman–Crippen LogP) is -0.667. The highest BCUT2D eigenvalue weighted by Gasteiger charge is 2.21. The van der Waals surface area contributed by atoms with E-state index >= 15 is 0 Å². The van der Waals surface area contributed by atoms with Crippen molar-refractivity contribution < 1.29 is 26.8 Å². The van der Waals surface area contributed by atoms with Crippen molar-refractivity contribution in [2.24, 2.45) is 0 Å². The van der Waals surface area contributed by atoms with Gasteiger partial charge >= 0.3 is 0 Å². The van der Waals surface area contributed by atoms with Crippen molar-refractivity contribution in [2.75, 3.05) is 34.2 Å². The molecule has 1 heterocycles. The van der Waals surface area contributed by atoms with Gasteiger partial charge in [-0.2, -0.15) is 15.0 Å². The summed E-state index contributed by atoms with van der Waals surface area (Å²) in [6.45, 7) is 1.64. The molecule has 1 aromatic heterocycles. The van der Waals surface area contributed by atoms with Crippen molar-refractivity contribution >= 4 is 16.9 Å². The van der Waals surface area contributed by atoms with E-state index < -0.39 is 0 Å². The average Bonchev–Trinajstić information content (AvgIpc) is 3.07. The molecule has 0 saturated carbocycles. The Hall–Kier alpha value is -2.64. The number of fused-ring (bicyclic) bond motifs is 1. The third kappa shape index (κ3) is 6.44. The second kappa shape index (κ2) is 9.71. The molecule has 0 aliphatic rings. The first-order valence-electron chi connectivity index (χ1n) is 9.49. The SMILES string of the molecule is C[N+](C)(C)CCCNC(=O)CC(c1ccc(O)cc1)n1nc2ccccc2n1.[Cl-]. The first-order chi connectivity index (χ1) is 13.3. The minimum absolute atomic E-state index is 0. The normalized spacial score (nSPS) is 12.4. The maximum atomic E-state index is 12.6. The molecule has 0 fully saturated rings. The number of quaternary nitrogens is 1. The van der Waals surface area contributed by atoms with Gasteiger partial charge in [-0.15, -0.1) is 0 Å². The van der Waals surface area contributed by atoms with Gasteiger partial charge in [0.1, 0.15) is 22.8 Å². The van der Waals surface area contributed by atoms with Crippen molar-refractivity contribution in [1.29, 1.82) is 0 Å². The van der Waals surface area contributed by atoms with Crippen LogP contribution in [0.2, 0.25) is 0 Å². The lowest BCUT2D eigenvalue weighted by molar-refractivity contribution is -0.870. The zero-order valence-corrected chi connectivity index (χ0v) is 17.8. The predicted molar refractivity (Wildman–Crippen MR) is 109 cm³/mol. The number of hydrogen-bond donors (Lipinski definition) is 2. The molecule has 2 aromatic carbocycles. The number of carbonyl (C=O) groups is 1. The van der Waals surface area contributed by atoms with Crippen LogP contribution in [-0.4, -0.2) is 64.7 Å². The number of phenols is 1. The van der Waals surface area contributed by atoms with Gasteiger partial charge < -0.3 is 27.3 Å². The molecular formula is C21H28ClN5O2. The number of hydrogen-bond acceptors (Lipinski definition) is 4. The number of aromatic hydroxyl groups is 1. The molecule has 0 bridgehead atoms. The minimum Gasteiger partial charge on any atom is -1.00 e. The van der Waals surface area contributed by atoms with E-state index in [-0.39, 0.29) is 36.5 Å². The van der Waals surface area contributed by atoms with Gasteiger partial charge in [-0.25, -0.2) is 0 Å². The van der Waals surface area contributed by atoms with Gasteiger partial charge in [-0.3, -0.25) is 4.79 Å². The molecule has 3 rings (SSSR count). The molecule has 1 atom stereocenters. The summed E-state index contributed by atoms with van der Waals surface area (Å²) in [6.07, 6.45) is 1.15. The van der Waals surface area contributed by atoms with E-state index in [0.717, 1.165) is 34.0 Å². The quantitative estimate of drug-likeness (QED) is 0.376. The van der Waals surface area contributed by atoms with Gasteiger partial charge in [-0.05, 0) is 29.8 Å². The Morgan fingerprint density at radius 1 is 1.07 bits per heavy atom. The Morgan fingerprint density at radius 2 is 1.66 bits per heavy atom. The highest BCUT2D eigenvalue weighted by molar-refractivity contribution is 5.77. The van der Waals surface area contributed by atoms with Gasteiger partial charge in [0.05, 0.1) is 34.1 Å². The molecule has 29 heavy (non-hydrogen) atoms. The molecule has 1 unspecified atom stereocenters. The summed E-state index contributed by atoms with van der Waals surface area (Å²) in [5, 5.41) is 21.7. The summed E-state index contributed by atoms with van der Waals surface area (Å²) >= 11 is 0. The Balaban J connectivity index is 0.00000300. The molecule has 156 valence electrons. The van der Waals surface area contributed by atoms with Gasteiger partial charge in [-0.1, -0.05) is 24.3 Å². The fraction of sp³-hybridized carbons (Fsp3) is 0.381. The molecule has 2 N–H and O–H groups in total. The van der Waals surface area contributed by atoms with Gasteiger partial charge in [0.2, 0.25) is 5.91 Å².